The molecule has 0 bridgehead atoms. The first kappa shape index (κ1) is 43.4. The van der Waals surface area contributed by atoms with Crippen LogP contribution in [0.15, 0.2) is 117 Å². The first-order chi connectivity index (χ1) is 30.4. The molecule has 18 heteroatoms. The van der Waals surface area contributed by atoms with Crippen LogP contribution < -0.4 is 20.9 Å². The van der Waals surface area contributed by atoms with Gasteiger partial charge >= 0.3 is 12.4 Å². The number of alkyl halides is 6. The van der Waals surface area contributed by atoms with Gasteiger partial charge in [0.15, 0.2) is 11.4 Å². The summed E-state index contributed by atoms with van der Waals surface area (Å²) in [5, 5.41) is 0. The average molecular weight is 883 g/mol. The first-order valence-corrected chi connectivity index (χ1v) is 20.3. The maximum Gasteiger partial charge on any atom is 0.417 e. The molecule has 2 aliphatic heterocycles. The van der Waals surface area contributed by atoms with Crippen LogP contribution >= 0.6 is 0 Å². The third-order valence-corrected chi connectivity index (χ3v) is 11.7. The largest absolute Gasteiger partial charge is 0.417 e. The summed E-state index contributed by atoms with van der Waals surface area (Å²) >= 11 is 0. The molecule has 2 aromatic heterocycles. The van der Waals surface area contributed by atoms with Crippen LogP contribution in [0.4, 0.5) is 49.1 Å². The smallest absolute Gasteiger partial charge is 0.306 e. The van der Waals surface area contributed by atoms with Crippen molar-refractivity contribution in [2.24, 2.45) is 24.1 Å². The van der Waals surface area contributed by atoms with Gasteiger partial charge in [0.25, 0.3) is 22.9 Å². The standard InChI is InChI=1S/C46H40F6N8O4/c1-27-37(43(63)59(55(27)3)29-17-9-7-10-18-29)53-39-35-31(45(47,48)49)21-15-23-33(35)57(41(39)61)25-13-5-6-14-26-58-34-24-16-22-32(46(50,51)52)36(34)40(42(58)62)54-38-28(2)56(4)60(44(38)64)30-19-11-8-12-20-30/h7-12,15-24H,5-6,13-14,25-26H2,1-4H3. The molecule has 330 valence electrons. The topological polar surface area (TPSA) is 119 Å². The molecule has 0 saturated carbocycles. The van der Waals surface area contributed by atoms with Crippen LogP contribution in [-0.4, -0.2) is 55.1 Å². The number of hydrogen-bond acceptors (Lipinski definition) is 6. The molecule has 0 N–H and O–H groups in total. The summed E-state index contributed by atoms with van der Waals surface area (Å²) in [6.07, 6.45) is -8.25. The number of nitrogens with zero attached hydrogens (tertiary/aromatic N) is 8. The van der Waals surface area contributed by atoms with E-state index in [2.05, 4.69) is 9.98 Å². The summed E-state index contributed by atoms with van der Waals surface area (Å²) in [7, 11) is 3.21. The Morgan fingerprint density at radius 3 is 1.19 bits per heavy atom. The van der Waals surface area contributed by atoms with E-state index in [9.17, 15) is 45.5 Å². The van der Waals surface area contributed by atoms with Crippen molar-refractivity contribution in [2.75, 3.05) is 22.9 Å². The quantitative estimate of drug-likeness (QED) is 0.0958. The van der Waals surface area contributed by atoms with Gasteiger partial charge in [0.05, 0.1) is 45.3 Å². The summed E-state index contributed by atoms with van der Waals surface area (Å²) in [5.41, 5.74) is -4.02. The highest BCUT2D eigenvalue weighted by atomic mass is 19.4. The van der Waals surface area contributed by atoms with Crippen LogP contribution in [-0.2, 0) is 36.0 Å². The number of anilines is 2. The molecule has 0 radical (unpaired) electrons. The second-order valence-corrected chi connectivity index (χ2v) is 15.5. The van der Waals surface area contributed by atoms with E-state index in [1.165, 1.54) is 52.8 Å². The van der Waals surface area contributed by atoms with E-state index >= 15 is 0 Å². The van der Waals surface area contributed by atoms with Gasteiger partial charge in [-0.2, -0.15) is 26.3 Å². The highest BCUT2D eigenvalue weighted by molar-refractivity contribution is 6.55. The summed E-state index contributed by atoms with van der Waals surface area (Å²) in [6.45, 7) is 3.14. The van der Waals surface area contributed by atoms with Crippen molar-refractivity contribution in [3.8, 4) is 11.4 Å². The number of para-hydroxylation sites is 2. The van der Waals surface area contributed by atoms with Gasteiger partial charge in [0, 0.05) is 38.3 Å². The van der Waals surface area contributed by atoms with Gasteiger partial charge in [-0.05, 0) is 75.2 Å². The SMILES string of the molecule is Cc1c(N=C2C(=O)N(CCCCCCN3C(=O)C(=Nc4c(C)n(C)n(-c5ccccc5)c4=O)c4c3cccc4C(F)(F)F)c3cccc(C(F)(F)F)c32)c(=O)n(-c2ccccc2)n1C. The fraction of sp³-hybridized carbons (Fsp3) is 0.261. The van der Waals surface area contributed by atoms with E-state index in [-0.39, 0.29) is 35.8 Å². The van der Waals surface area contributed by atoms with Crippen LogP contribution in [0.3, 0.4) is 0 Å². The first-order valence-electron chi connectivity index (χ1n) is 20.3. The lowest BCUT2D eigenvalue weighted by Crippen LogP contribution is -2.32. The maximum atomic E-state index is 14.5. The number of carbonyl (C=O) groups excluding carboxylic acids is 2. The summed E-state index contributed by atoms with van der Waals surface area (Å²) < 4.78 is 92.4. The predicted molar refractivity (Wildman–Crippen MR) is 230 cm³/mol. The number of benzene rings is 4. The van der Waals surface area contributed by atoms with Gasteiger partial charge in [0.2, 0.25) is 0 Å². The van der Waals surface area contributed by atoms with Gasteiger partial charge in [-0.1, -0.05) is 61.4 Å². The summed E-state index contributed by atoms with van der Waals surface area (Å²) in [4.78, 5) is 66.5. The normalized spacial score (nSPS) is 15.3. The highest BCUT2D eigenvalue weighted by Crippen LogP contribution is 2.43. The van der Waals surface area contributed by atoms with Crippen molar-refractivity contribution in [3.05, 3.63) is 151 Å². The lowest BCUT2D eigenvalue weighted by molar-refractivity contribution is -0.138. The fourth-order valence-corrected chi connectivity index (χ4v) is 8.32. The predicted octanol–water partition coefficient (Wildman–Crippen LogP) is 8.52. The van der Waals surface area contributed by atoms with E-state index in [1.807, 2.05) is 0 Å². The van der Waals surface area contributed by atoms with Crippen molar-refractivity contribution < 1.29 is 35.9 Å². The van der Waals surface area contributed by atoms with Gasteiger partial charge < -0.3 is 9.80 Å². The van der Waals surface area contributed by atoms with Gasteiger partial charge in [0.1, 0.15) is 11.4 Å². The number of hydrogen-bond donors (Lipinski definition) is 0. The van der Waals surface area contributed by atoms with E-state index in [4.69, 9.17) is 0 Å². The van der Waals surface area contributed by atoms with Crippen LogP contribution in [0.2, 0.25) is 0 Å². The van der Waals surface area contributed by atoms with E-state index < -0.39 is 69.0 Å². The molecule has 12 nitrogen and oxygen atoms in total. The molecule has 0 fully saturated rings. The minimum absolute atomic E-state index is 0.00808. The summed E-state index contributed by atoms with van der Waals surface area (Å²) in [6, 6.07) is 24.1. The molecular weight excluding hydrogens is 843 g/mol. The molecule has 0 unspecified atom stereocenters. The Morgan fingerprint density at radius 2 is 0.844 bits per heavy atom. The van der Waals surface area contributed by atoms with E-state index in [0.717, 1.165) is 12.1 Å². The third kappa shape index (κ3) is 7.45. The maximum absolute atomic E-state index is 14.5. The number of aromatic nitrogens is 4. The van der Waals surface area contributed by atoms with E-state index in [0.29, 0.717) is 48.4 Å². The number of amides is 2. The average Bonchev–Trinajstić information content (AvgIpc) is 3.85. The molecule has 0 saturated heterocycles. The Morgan fingerprint density at radius 1 is 0.484 bits per heavy atom. The molecule has 4 heterocycles. The number of unbranched alkanes of at least 4 members (excludes halogenated alkanes) is 3. The van der Waals surface area contributed by atoms with Crippen molar-refractivity contribution in [2.45, 2.75) is 51.9 Å². The van der Waals surface area contributed by atoms with Crippen molar-refractivity contribution >= 4 is 46.0 Å². The zero-order valence-electron chi connectivity index (χ0n) is 35.0. The molecule has 4 aromatic carbocycles. The zero-order chi connectivity index (χ0) is 45.8. The molecule has 64 heavy (non-hydrogen) atoms. The number of rotatable bonds is 11. The number of halogens is 6. The Kier molecular flexibility index (Phi) is 11.2. The molecule has 2 aliphatic rings. The number of carbonyl (C=O) groups is 2. The molecule has 6 aromatic rings. The van der Waals surface area contributed by atoms with Crippen molar-refractivity contribution in [1.82, 2.24) is 18.7 Å². The Balaban J connectivity index is 1.02. The van der Waals surface area contributed by atoms with E-state index in [1.54, 1.807) is 88.6 Å². The molecule has 8 rings (SSSR count). The Bertz CT molecular complexity index is 2810. The molecule has 0 aliphatic carbocycles. The lowest BCUT2D eigenvalue weighted by Gasteiger charge is -2.19. The highest BCUT2D eigenvalue weighted by Gasteiger charge is 2.45. The third-order valence-electron chi connectivity index (χ3n) is 11.7. The molecule has 0 atom stereocenters. The lowest BCUT2D eigenvalue weighted by atomic mass is 10.0. The monoisotopic (exact) mass is 882 g/mol. The molecule has 2 amide bonds. The van der Waals surface area contributed by atoms with Gasteiger partial charge in [-0.15, -0.1) is 0 Å². The zero-order valence-corrected chi connectivity index (χ0v) is 35.0. The van der Waals surface area contributed by atoms with Crippen molar-refractivity contribution in [3.63, 3.8) is 0 Å². The Labute approximate surface area is 361 Å². The van der Waals surface area contributed by atoms with Crippen LogP contribution in [0, 0.1) is 13.8 Å². The minimum atomic E-state index is -4.85. The second kappa shape index (κ2) is 16.5. The van der Waals surface area contributed by atoms with Gasteiger partial charge in [-0.3, -0.25) is 28.5 Å². The van der Waals surface area contributed by atoms with Crippen molar-refractivity contribution in [1.29, 1.82) is 0 Å². The van der Waals surface area contributed by atoms with Crippen LogP contribution in [0.25, 0.3) is 11.4 Å². The molecule has 0 spiro atoms. The summed E-state index contributed by atoms with van der Waals surface area (Å²) in [5.74, 6) is -1.62. The van der Waals surface area contributed by atoms with Crippen LogP contribution in [0.5, 0.6) is 0 Å². The minimum Gasteiger partial charge on any atom is -0.306 e. The fourth-order valence-electron chi connectivity index (χ4n) is 8.32. The molecular formula is C46H40F6N8O4. The second-order valence-electron chi connectivity index (χ2n) is 15.5. The number of aliphatic imine (C=N–C) groups is 2. The van der Waals surface area contributed by atoms with Crippen LogP contribution in [0.1, 0.15) is 59.3 Å². The Hall–Kier alpha value is -7.24. The van der Waals surface area contributed by atoms with Gasteiger partial charge in [-0.25, -0.2) is 19.3 Å². The number of fused-ring (bicyclic) bond motifs is 2.